The molecule has 0 aromatic carbocycles. The molecule has 4 rings (SSSR count). The van der Waals surface area contributed by atoms with Crippen molar-refractivity contribution in [1.82, 2.24) is 14.5 Å². The zero-order valence-corrected chi connectivity index (χ0v) is 15.4. The molecule has 0 aliphatic heterocycles. The smallest absolute Gasteiger partial charge is 0.262 e. The number of hydrogen-bond donors (Lipinski definition) is 1. The molecule has 1 amide bonds. The minimum absolute atomic E-state index is 0.0316. The Balaban J connectivity index is 1.51. The maximum Gasteiger partial charge on any atom is 0.262 e. The maximum absolute atomic E-state index is 12.9. The number of amides is 1. The number of anilines is 1. The fraction of sp³-hybridized carbons (Fsp3) is 0.368. The van der Waals surface area contributed by atoms with Gasteiger partial charge in [-0.2, -0.15) is 0 Å². The van der Waals surface area contributed by atoms with Crippen molar-refractivity contribution < 1.29 is 4.79 Å². The molecular weight excluding hydrogens is 348 g/mol. The minimum atomic E-state index is -0.164. The van der Waals surface area contributed by atoms with Gasteiger partial charge in [0.15, 0.2) is 0 Å². The number of fused-ring (bicyclic) bond motifs is 3. The average Bonchev–Trinajstić information content (AvgIpc) is 3.00. The van der Waals surface area contributed by atoms with Gasteiger partial charge < -0.3 is 5.32 Å². The average molecular weight is 368 g/mol. The first-order valence-electron chi connectivity index (χ1n) is 8.85. The van der Waals surface area contributed by atoms with Gasteiger partial charge in [-0.3, -0.25) is 14.2 Å². The summed E-state index contributed by atoms with van der Waals surface area (Å²) < 4.78 is 1.55. The number of nitrogens with zero attached hydrogens (tertiary/aromatic N) is 3. The van der Waals surface area contributed by atoms with Crippen molar-refractivity contribution in [3.05, 3.63) is 51.0 Å². The first kappa shape index (κ1) is 16.9. The van der Waals surface area contributed by atoms with E-state index in [-0.39, 0.29) is 17.9 Å². The number of rotatable bonds is 4. The fourth-order valence-corrected chi connectivity index (χ4v) is 4.60. The Bertz CT molecular complexity index is 1040. The molecule has 0 saturated heterocycles. The predicted octanol–water partition coefficient (Wildman–Crippen LogP) is 3.07. The third-order valence-corrected chi connectivity index (χ3v) is 5.88. The van der Waals surface area contributed by atoms with Crippen LogP contribution in [0.15, 0.2) is 29.3 Å². The molecule has 0 radical (unpaired) electrons. The number of aryl methyl sites for hydroxylation is 4. The van der Waals surface area contributed by atoms with Gasteiger partial charge in [-0.1, -0.05) is 6.07 Å². The van der Waals surface area contributed by atoms with E-state index in [0.29, 0.717) is 12.4 Å². The van der Waals surface area contributed by atoms with E-state index < -0.39 is 0 Å². The maximum atomic E-state index is 12.9. The van der Waals surface area contributed by atoms with Gasteiger partial charge in [-0.25, -0.2) is 9.97 Å². The highest BCUT2D eigenvalue weighted by molar-refractivity contribution is 7.18. The van der Waals surface area contributed by atoms with Crippen molar-refractivity contribution in [3.63, 3.8) is 0 Å². The standard InChI is InChI=1S/C19H20N4O2S/c1-12-5-4-8-15(21-12)22-16(24)9-10-23-11-20-18-17(19(23)25)13-6-2-3-7-14(13)26-18/h4-5,8,11H,2-3,6-7,9-10H2,1H3,(H,21,22,24). The first-order chi connectivity index (χ1) is 12.6. The van der Waals surface area contributed by atoms with Crippen LogP contribution >= 0.6 is 11.3 Å². The molecule has 0 saturated carbocycles. The van der Waals surface area contributed by atoms with Crippen molar-refractivity contribution in [2.45, 2.75) is 45.6 Å². The topological polar surface area (TPSA) is 76.9 Å². The summed E-state index contributed by atoms with van der Waals surface area (Å²) in [4.78, 5) is 35.9. The number of pyridine rings is 1. The van der Waals surface area contributed by atoms with Crippen LogP contribution in [0.1, 0.15) is 35.4 Å². The molecule has 0 unspecified atom stereocenters. The molecule has 0 atom stereocenters. The van der Waals surface area contributed by atoms with Gasteiger partial charge in [0.2, 0.25) is 5.91 Å². The van der Waals surface area contributed by atoms with E-state index >= 15 is 0 Å². The summed E-state index contributed by atoms with van der Waals surface area (Å²) in [7, 11) is 0. The zero-order chi connectivity index (χ0) is 18.1. The second-order valence-electron chi connectivity index (χ2n) is 6.60. The Morgan fingerprint density at radius 1 is 1.31 bits per heavy atom. The molecule has 7 heteroatoms. The highest BCUT2D eigenvalue weighted by Crippen LogP contribution is 2.33. The molecule has 0 fully saturated rings. The molecule has 26 heavy (non-hydrogen) atoms. The van der Waals surface area contributed by atoms with Crippen molar-refractivity contribution in [2.24, 2.45) is 0 Å². The predicted molar refractivity (Wildman–Crippen MR) is 103 cm³/mol. The fourth-order valence-electron chi connectivity index (χ4n) is 3.38. The number of carbonyl (C=O) groups excluding carboxylic acids is 1. The largest absolute Gasteiger partial charge is 0.311 e. The molecule has 3 aromatic heterocycles. The number of thiophene rings is 1. The van der Waals surface area contributed by atoms with Crippen LogP contribution in [0, 0.1) is 6.92 Å². The van der Waals surface area contributed by atoms with E-state index in [2.05, 4.69) is 15.3 Å². The van der Waals surface area contributed by atoms with E-state index in [9.17, 15) is 9.59 Å². The van der Waals surface area contributed by atoms with Gasteiger partial charge in [0.25, 0.3) is 5.56 Å². The summed E-state index contributed by atoms with van der Waals surface area (Å²) in [5, 5.41) is 3.53. The summed E-state index contributed by atoms with van der Waals surface area (Å²) in [6.07, 6.45) is 6.07. The van der Waals surface area contributed by atoms with Gasteiger partial charge in [0.05, 0.1) is 11.7 Å². The number of hydrogen-bond acceptors (Lipinski definition) is 5. The molecule has 0 bridgehead atoms. The molecule has 134 valence electrons. The lowest BCUT2D eigenvalue weighted by Gasteiger charge is -2.10. The molecule has 1 aliphatic rings. The molecule has 0 spiro atoms. The van der Waals surface area contributed by atoms with E-state index in [0.717, 1.165) is 35.2 Å². The molecule has 3 aromatic rings. The summed E-state index contributed by atoms with van der Waals surface area (Å²) in [6, 6.07) is 5.47. The van der Waals surface area contributed by atoms with E-state index in [1.54, 1.807) is 28.3 Å². The lowest BCUT2D eigenvalue weighted by atomic mass is 9.97. The molecule has 1 N–H and O–H groups in total. The van der Waals surface area contributed by atoms with Crippen LogP contribution in [0.4, 0.5) is 5.82 Å². The summed E-state index contributed by atoms with van der Waals surface area (Å²) in [5.74, 6) is 0.366. The van der Waals surface area contributed by atoms with Gasteiger partial charge in [-0.15, -0.1) is 11.3 Å². The van der Waals surface area contributed by atoms with Crippen LogP contribution in [0.2, 0.25) is 0 Å². The van der Waals surface area contributed by atoms with Crippen molar-refractivity contribution in [1.29, 1.82) is 0 Å². The van der Waals surface area contributed by atoms with E-state index in [1.165, 1.54) is 16.9 Å². The molecular formula is C19H20N4O2S. The Morgan fingerprint density at radius 2 is 2.15 bits per heavy atom. The lowest BCUT2D eigenvalue weighted by molar-refractivity contribution is -0.116. The van der Waals surface area contributed by atoms with Gasteiger partial charge in [-0.05, 0) is 50.3 Å². The van der Waals surface area contributed by atoms with E-state index in [4.69, 9.17) is 0 Å². The van der Waals surface area contributed by atoms with Gasteiger partial charge in [0, 0.05) is 23.5 Å². The lowest BCUT2D eigenvalue weighted by Crippen LogP contribution is -2.24. The molecule has 6 nitrogen and oxygen atoms in total. The summed E-state index contributed by atoms with van der Waals surface area (Å²) in [5.41, 5.74) is 1.99. The summed E-state index contributed by atoms with van der Waals surface area (Å²) in [6.45, 7) is 2.18. The normalized spacial score (nSPS) is 13.6. The zero-order valence-electron chi connectivity index (χ0n) is 14.6. The first-order valence-corrected chi connectivity index (χ1v) is 9.66. The SMILES string of the molecule is Cc1cccc(NC(=O)CCn2cnc3sc4c(c3c2=O)CCCC4)n1. The van der Waals surface area contributed by atoms with Crippen LogP contribution in [-0.2, 0) is 24.2 Å². The Morgan fingerprint density at radius 3 is 3.00 bits per heavy atom. The summed E-state index contributed by atoms with van der Waals surface area (Å²) >= 11 is 1.64. The Kier molecular flexibility index (Phi) is 4.55. The highest BCUT2D eigenvalue weighted by atomic mass is 32.1. The number of carbonyl (C=O) groups is 1. The monoisotopic (exact) mass is 368 g/mol. The second-order valence-corrected chi connectivity index (χ2v) is 7.68. The Hall–Kier alpha value is -2.54. The van der Waals surface area contributed by atoms with Crippen LogP contribution in [0.5, 0.6) is 0 Å². The minimum Gasteiger partial charge on any atom is -0.311 e. The van der Waals surface area contributed by atoms with Crippen LogP contribution in [-0.4, -0.2) is 20.4 Å². The van der Waals surface area contributed by atoms with Gasteiger partial charge in [0.1, 0.15) is 10.6 Å². The van der Waals surface area contributed by atoms with Crippen molar-refractivity contribution in [3.8, 4) is 0 Å². The highest BCUT2D eigenvalue weighted by Gasteiger charge is 2.20. The quantitative estimate of drug-likeness (QED) is 0.768. The molecule has 3 heterocycles. The van der Waals surface area contributed by atoms with Crippen LogP contribution in [0.3, 0.4) is 0 Å². The Labute approximate surface area is 154 Å². The second kappa shape index (κ2) is 6.99. The molecule has 1 aliphatic carbocycles. The van der Waals surface area contributed by atoms with Crippen LogP contribution in [0.25, 0.3) is 10.2 Å². The van der Waals surface area contributed by atoms with Crippen molar-refractivity contribution >= 4 is 33.3 Å². The number of nitrogens with one attached hydrogen (secondary N) is 1. The third-order valence-electron chi connectivity index (χ3n) is 4.68. The van der Waals surface area contributed by atoms with Crippen LogP contribution < -0.4 is 10.9 Å². The third kappa shape index (κ3) is 3.26. The van der Waals surface area contributed by atoms with Gasteiger partial charge >= 0.3 is 0 Å². The van der Waals surface area contributed by atoms with Crippen molar-refractivity contribution in [2.75, 3.05) is 5.32 Å². The van der Waals surface area contributed by atoms with E-state index in [1.807, 2.05) is 19.1 Å². The number of aromatic nitrogens is 3.